The predicted molar refractivity (Wildman–Crippen MR) is 61.2 cm³/mol. The maximum atomic E-state index is 6.05. The third kappa shape index (κ3) is 2.17. The molecule has 0 bridgehead atoms. The highest BCUT2D eigenvalue weighted by molar-refractivity contribution is 6.35. The molecular formula is C11H9Cl2NO. The van der Waals surface area contributed by atoms with Crippen molar-refractivity contribution in [1.29, 1.82) is 0 Å². The average molecular weight is 242 g/mol. The summed E-state index contributed by atoms with van der Waals surface area (Å²) in [6.45, 7) is 0. The second-order valence-corrected chi connectivity index (χ2v) is 4.04. The van der Waals surface area contributed by atoms with Crippen molar-refractivity contribution >= 4 is 23.2 Å². The van der Waals surface area contributed by atoms with Crippen molar-refractivity contribution in [1.82, 2.24) is 0 Å². The molecule has 2 N–H and O–H groups in total. The van der Waals surface area contributed by atoms with Crippen LogP contribution in [-0.4, -0.2) is 0 Å². The Morgan fingerprint density at radius 2 is 2.00 bits per heavy atom. The first-order valence-corrected chi connectivity index (χ1v) is 5.16. The Labute approximate surface area is 97.6 Å². The number of hydrogen-bond donors (Lipinski definition) is 1. The van der Waals surface area contributed by atoms with E-state index in [0.29, 0.717) is 10.0 Å². The molecule has 1 atom stereocenters. The molecule has 0 spiro atoms. The molecule has 0 radical (unpaired) electrons. The molecule has 4 heteroatoms. The van der Waals surface area contributed by atoms with Crippen LogP contribution in [0.25, 0.3) is 0 Å². The molecule has 1 unspecified atom stereocenters. The molecule has 78 valence electrons. The molecule has 1 aromatic heterocycles. The van der Waals surface area contributed by atoms with Crippen LogP contribution in [0.1, 0.15) is 17.2 Å². The number of halogens is 2. The zero-order valence-corrected chi connectivity index (χ0v) is 9.29. The van der Waals surface area contributed by atoms with Gasteiger partial charge in [-0.05, 0) is 23.8 Å². The molecule has 1 heterocycles. The number of rotatable bonds is 2. The monoisotopic (exact) mass is 241 g/mol. The fraction of sp³-hybridized carbons (Fsp3) is 0.0909. The second kappa shape index (κ2) is 4.27. The van der Waals surface area contributed by atoms with Crippen molar-refractivity contribution in [3.63, 3.8) is 0 Å². The normalized spacial score (nSPS) is 12.7. The van der Waals surface area contributed by atoms with Crippen LogP contribution in [0, 0.1) is 0 Å². The summed E-state index contributed by atoms with van der Waals surface area (Å²) in [7, 11) is 0. The van der Waals surface area contributed by atoms with Crippen molar-refractivity contribution in [2.24, 2.45) is 5.73 Å². The molecule has 1 aromatic carbocycles. The lowest BCUT2D eigenvalue weighted by molar-refractivity contribution is 0.562. The average Bonchev–Trinajstić information content (AvgIpc) is 2.69. The van der Waals surface area contributed by atoms with E-state index in [2.05, 4.69) is 0 Å². The zero-order valence-electron chi connectivity index (χ0n) is 7.78. The molecule has 0 amide bonds. The van der Waals surface area contributed by atoms with Gasteiger partial charge in [0.2, 0.25) is 0 Å². The van der Waals surface area contributed by atoms with Gasteiger partial charge in [0.15, 0.2) is 0 Å². The molecule has 0 saturated heterocycles. The van der Waals surface area contributed by atoms with E-state index in [1.807, 2.05) is 12.1 Å². The molecular weight excluding hydrogens is 233 g/mol. The first kappa shape index (κ1) is 10.6. The highest BCUT2D eigenvalue weighted by Gasteiger charge is 2.13. The Kier molecular flexibility index (Phi) is 3.00. The molecule has 0 aliphatic carbocycles. The topological polar surface area (TPSA) is 39.2 Å². The van der Waals surface area contributed by atoms with Gasteiger partial charge in [0.05, 0.1) is 18.6 Å². The van der Waals surface area contributed by atoms with E-state index in [4.69, 9.17) is 33.4 Å². The van der Waals surface area contributed by atoms with Gasteiger partial charge in [0.1, 0.15) is 0 Å². The van der Waals surface area contributed by atoms with E-state index >= 15 is 0 Å². The Morgan fingerprint density at radius 1 is 1.20 bits per heavy atom. The lowest BCUT2D eigenvalue weighted by atomic mass is 10.0. The van der Waals surface area contributed by atoms with E-state index in [0.717, 1.165) is 11.1 Å². The summed E-state index contributed by atoms with van der Waals surface area (Å²) in [5, 5.41) is 1.17. The first-order valence-electron chi connectivity index (χ1n) is 4.41. The molecule has 2 aromatic rings. The zero-order chi connectivity index (χ0) is 10.8. The van der Waals surface area contributed by atoms with E-state index in [9.17, 15) is 0 Å². The molecule has 2 nitrogen and oxygen atoms in total. The van der Waals surface area contributed by atoms with E-state index in [1.165, 1.54) is 0 Å². The Hall–Kier alpha value is -0.960. The van der Waals surface area contributed by atoms with Crippen LogP contribution in [0.5, 0.6) is 0 Å². The highest BCUT2D eigenvalue weighted by atomic mass is 35.5. The standard InChI is InChI=1S/C11H9Cl2NO/c12-8-1-2-9(10(13)5-8)11(14)7-3-4-15-6-7/h1-6,11H,14H2. The maximum Gasteiger partial charge on any atom is 0.0953 e. The van der Waals surface area contributed by atoms with E-state index in [-0.39, 0.29) is 6.04 Å². The van der Waals surface area contributed by atoms with Crippen LogP contribution in [0.2, 0.25) is 10.0 Å². The maximum absolute atomic E-state index is 6.05. The summed E-state index contributed by atoms with van der Waals surface area (Å²) in [5.41, 5.74) is 7.75. The summed E-state index contributed by atoms with van der Waals surface area (Å²) < 4.78 is 4.97. The van der Waals surface area contributed by atoms with Crippen LogP contribution >= 0.6 is 23.2 Å². The molecule has 0 saturated carbocycles. The number of furan rings is 1. The van der Waals surface area contributed by atoms with Crippen molar-refractivity contribution < 1.29 is 4.42 Å². The SMILES string of the molecule is NC(c1ccoc1)c1ccc(Cl)cc1Cl. The third-order valence-electron chi connectivity index (χ3n) is 2.20. The summed E-state index contributed by atoms with van der Waals surface area (Å²) in [5.74, 6) is 0. The van der Waals surface area contributed by atoms with Gasteiger partial charge in [-0.3, -0.25) is 0 Å². The number of nitrogens with two attached hydrogens (primary N) is 1. The van der Waals surface area contributed by atoms with Crippen LogP contribution in [0.4, 0.5) is 0 Å². The fourth-order valence-corrected chi connectivity index (χ4v) is 1.91. The highest BCUT2D eigenvalue weighted by Crippen LogP contribution is 2.28. The van der Waals surface area contributed by atoms with Gasteiger partial charge >= 0.3 is 0 Å². The molecule has 2 rings (SSSR count). The second-order valence-electron chi connectivity index (χ2n) is 3.20. The third-order valence-corrected chi connectivity index (χ3v) is 2.76. The van der Waals surface area contributed by atoms with Gasteiger partial charge in [0, 0.05) is 15.6 Å². The Balaban J connectivity index is 2.38. The lowest BCUT2D eigenvalue weighted by Gasteiger charge is -2.11. The fourth-order valence-electron chi connectivity index (χ4n) is 1.39. The van der Waals surface area contributed by atoms with Crippen LogP contribution in [0.3, 0.4) is 0 Å². The smallest absolute Gasteiger partial charge is 0.0953 e. The van der Waals surface area contributed by atoms with Crippen molar-refractivity contribution in [3.8, 4) is 0 Å². The Morgan fingerprint density at radius 3 is 2.60 bits per heavy atom. The van der Waals surface area contributed by atoms with Crippen molar-refractivity contribution in [2.75, 3.05) is 0 Å². The molecule has 15 heavy (non-hydrogen) atoms. The number of benzene rings is 1. The molecule has 0 fully saturated rings. The molecule has 0 aliphatic rings. The van der Waals surface area contributed by atoms with Crippen molar-refractivity contribution in [2.45, 2.75) is 6.04 Å². The summed E-state index contributed by atoms with van der Waals surface area (Å²) in [4.78, 5) is 0. The van der Waals surface area contributed by atoms with Crippen LogP contribution in [-0.2, 0) is 0 Å². The van der Waals surface area contributed by atoms with Crippen molar-refractivity contribution in [3.05, 3.63) is 58.0 Å². The van der Waals surface area contributed by atoms with E-state index < -0.39 is 0 Å². The minimum absolute atomic E-state index is 0.284. The van der Waals surface area contributed by atoms with Gasteiger partial charge in [-0.15, -0.1) is 0 Å². The van der Waals surface area contributed by atoms with Crippen LogP contribution < -0.4 is 5.73 Å². The quantitative estimate of drug-likeness (QED) is 0.873. The number of hydrogen-bond acceptors (Lipinski definition) is 2. The van der Waals surface area contributed by atoms with E-state index in [1.54, 1.807) is 24.7 Å². The first-order chi connectivity index (χ1) is 7.18. The van der Waals surface area contributed by atoms with Gasteiger partial charge in [-0.25, -0.2) is 0 Å². The summed E-state index contributed by atoms with van der Waals surface area (Å²) >= 11 is 11.8. The Bertz CT molecular complexity index is 454. The summed E-state index contributed by atoms with van der Waals surface area (Å²) in [6, 6.07) is 6.80. The van der Waals surface area contributed by atoms with Gasteiger partial charge in [0.25, 0.3) is 0 Å². The minimum Gasteiger partial charge on any atom is -0.472 e. The largest absolute Gasteiger partial charge is 0.472 e. The predicted octanol–water partition coefficient (Wildman–Crippen LogP) is 3.63. The molecule has 0 aliphatic heterocycles. The van der Waals surface area contributed by atoms with Gasteiger partial charge in [-0.2, -0.15) is 0 Å². The van der Waals surface area contributed by atoms with Gasteiger partial charge in [-0.1, -0.05) is 29.3 Å². The minimum atomic E-state index is -0.284. The van der Waals surface area contributed by atoms with Gasteiger partial charge < -0.3 is 10.2 Å². The van der Waals surface area contributed by atoms with Crippen LogP contribution in [0.15, 0.2) is 41.2 Å². The lowest BCUT2D eigenvalue weighted by Crippen LogP contribution is -2.11. The summed E-state index contributed by atoms with van der Waals surface area (Å²) in [6.07, 6.45) is 3.19.